The molecule has 5 fully saturated rings. The predicted octanol–water partition coefficient (Wildman–Crippen LogP) is 4.98. The van der Waals surface area contributed by atoms with E-state index in [-0.39, 0.29) is 36.9 Å². The van der Waals surface area contributed by atoms with Gasteiger partial charge in [-0.05, 0) is 162 Å². The Balaban J connectivity index is 0.000000167. The fourth-order valence-corrected chi connectivity index (χ4v) is 21.2. The highest BCUT2D eigenvalue weighted by Crippen LogP contribution is 2.47. The molecule has 139 heavy (non-hydrogen) atoms. The van der Waals surface area contributed by atoms with Gasteiger partial charge in [0, 0.05) is 19.5 Å². The van der Waals surface area contributed by atoms with Crippen molar-refractivity contribution in [2.24, 2.45) is 0 Å². The minimum absolute atomic E-state index is 0.000773. The van der Waals surface area contributed by atoms with Crippen LogP contribution in [0.5, 0.6) is 12.0 Å². The first-order valence-corrected chi connectivity index (χ1v) is 63.2. The van der Waals surface area contributed by atoms with Crippen LogP contribution in [-0.2, 0) is 30.1 Å². The van der Waals surface area contributed by atoms with Gasteiger partial charge in [0.05, 0.1) is 89.6 Å². The van der Waals surface area contributed by atoms with Crippen molar-refractivity contribution in [3.8, 4) is 12.0 Å². The Labute approximate surface area is 817 Å². The topological polar surface area (TPSA) is 627 Å². The molecule has 0 unspecified atom stereocenters. The van der Waals surface area contributed by atoms with Crippen LogP contribution in [0, 0.1) is 0 Å². The lowest BCUT2D eigenvalue weighted by Gasteiger charge is -2.18. The van der Waals surface area contributed by atoms with Crippen molar-refractivity contribution < 1.29 is 94.4 Å². The van der Waals surface area contributed by atoms with Gasteiger partial charge in [-0.3, -0.25) is 22.8 Å². The molecule has 0 radical (unpaired) electrons. The summed E-state index contributed by atoms with van der Waals surface area (Å²) in [5.41, 5.74) is 24.2. The Bertz CT molecular complexity index is 5870. The molecule has 15 heterocycles. The molecule has 0 aliphatic carbocycles. The number of nitrogens with zero attached hydrogens (tertiary/aromatic N) is 20. The molecule has 0 saturated carbocycles. The van der Waals surface area contributed by atoms with Gasteiger partial charge in [-0.1, -0.05) is 60.2 Å². The number of methoxy groups -OCH3 is 2. The van der Waals surface area contributed by atoms with Crippen molar-refractivity contribution in [2.45, 2.75) is 205 Å². The molecule has 0 aromatic carbocycles. The van der Waals surface area contributed by atoms with E-state index in [9.17, 15) is 51.1 Å². The number of ether oxygens (including phenoxy) is 7. The fourth-order valence-electron chi connectivity index (χ4n) is 15.7. The predicted molar refractivity (Wildman–Crippen MR) is 560 cm³/mol. The van der Waals surface area contributed by atoms with Gasteiger partial charge in [0.25, 0.3) is 0 Å². The maximum Gasteiger partial charge on any atom is 0.320 e. The van der Waals surface area contributed by atoms with E-state index in [1.165, 1.54) is 56.7 Å². The molecule has 0 amide bonds. The van der Waals surface area contributed by atoms with Gasteiger partial charge in [-0.2, -0.15) is 19.9 Å². The van der Waals surface area contributed by atoms with Crippen LogP contribution in [0.4, 0.5) is 29.1 Å². The van der Waals surface area contributed by atoms with E-state index in [1.807, 2.05) is 38.5 Å². The summed E-state index contributed by atoms with van der Waals surface area (Å²) in [6, 6.07) is 0.229. The van der Waals surface area contributed by atoms with Gasteiger partial charge >= 0.3 is 12.0 Å². The molecule has 5 aliphatic heterocycles. The molecule has 51 heteroatoms. The smallest absolute Gasteiger partial charge is 0.320 e. The minimum atomic E-state index is -1.28. The number of thioether (sulfide) groups is 2. The lowest BCUT2D eigenvalue weighted by Crippen LogP contribution is -2.31. The number of hydrogen-bond donors (Lipinski definition) is 17. The molecular weight excluding hydrogens is 1930 g/mol. The van der Waals surface area contributed by atoms with Crippen LogP contribution in [0.25, 0.3) is 55.8 Å². The molecule has 20 N–H and O–H groups in total. The molecule has 770 valence electrons. The van der Waals surface area contributed by atoms with Crippen molar-refractivity contribution in [3.05, 3.63) is 60.8 Å². The number of aromatic nitrogens is 20. The van der Waals surface area contributed by atoms with E-state index < -0.39 is 157 Å². The number of aliphatic hydroxyl groups is 12. The van der Waals surface area contributed by atoms with E-state index in [0.29, 0.717) is 135 Å². The largest absolute Gasteiger partial charge is 0.467 e. The summed E-state index contributed by atoms with van der Waals surface area (Å²) in [6.07, 6.45) is 29.6. The fraction of sp³-hybridized carbons (Fsp3) is 0.614. The second kappa shape index (κ2) is 47.9. The van der Waals surface area contributed by atoms with Gasteiger partial charge < -0.3 is 122 Å². The van der Waals surface area contributed by atoms with E-state index in [2.05, 4.69) is 190 Å². The lowest BCUT2D eigenvalue weighted by molar-refractivity contribution is -0.0353. The molecule has 44 nitrogen and oxygen atoms in total. The van der Waals surface area contributed by atoms with Crippen LogP contribution < -0.4 is 37.3 Å². The van der Waals surface area contributed by atoms with Crippen LogP contribution in [-0.4, -0.2) is 432 Å². The van der Waals surface area contributed by atoms with Crippen LogP contribution in [0.3, 0.4) is 0 Å². The number of nitrogens with one attached hydrogen (secondary N) is 2. The van der Waals surface area contributed by atoms with Crippen molar-refractivity contribution in [2.75, 3.05) is 178 Å². The summed E-state index contributed by atoms with van der Waals surface area (Å²) >= 11 is 2.76. The number of anilines is 5. The van der Waals surface area contributed by atoms with Crippen LogP contribution in [0.2, 0.25) is 0 Å². The highest BCUT2D eigenvalue weighted by molar-refractivity contribution is 7.98. The van der Waals surface area contributed by atoms with Gasteiger partial charge in [-0.25, -0.2) is 54.8 Å². The molecule has 20 atom stereocenters. The first kappa shape index (κ1) is 112. The van der Waals surface area contributed by atoms with Gasteiger partial charge in [0.1, 0.15) is 77.9 Å². The zero-order valence-corrected chi connectivity index (χ0v) is 88.2. The molecule has 5 aliphatic rings. The van der Waals surface area contributed by atoms with Crippen molar-refractivity contribution in [1.29, 1.82) is 0 Å². The van der Waals surface area contributed by atoms with Crippen LogP contribution in [0.1, 0.15) is 103 Å². The Morgan fingerprint density at radius 3 is 0.957 bits per heavy atom. The van der Waals surface area contributed by atoms with Crippen molar-refractivity contribution >= 4 is 174 Å². The zero-order valence-electron chi connectivity index (χ0n) is 82.1. The SMILES string of the molecule is C=P(C)(C)CC[C@H]1O[C@@H](n2cnc3c(N)nc(CCCC)nc32)[C@H](O)[C@@H]1O.C=P(C)(C)CC[C@H]1O[C@@H](n2cnc3c(N)nc(OC)nc32)[C@H](O)[C@@H]1O.C=P(C)(C)CC[C@H]1O[C@@H](n2cnc3c(N)nc(SC)nc32)[C@H](O)[C@@H]1O.C=P(C)(C)CC[C@H]1O[C@@H](n2cnc3c(NC/C=C(/C)CO)nc(OC)nc32)[C@H](O)[C@@H]1O.C=P(C)(C)CC[C@H]1O[C@@H](n2cnc3c(NC/C=C(/C)CO)nc(SC)nc32)[C@H](O)[C@@H]1O. The third kappa shape index (κ3) is 28.3. The third-order valence-electron chi connectivity index (χ3n) is 23.7. The number of imidazole rings is 5. The average molecular weight is 2070 g/mol. The second-order valence-electron chi connectivity index (χ2n) is 38.7. The molecule has 0 spiro atoms. The number of nitrogens with two attached hydrogens (primary N) is 3. The summed E-state index contributed by atoms with van der Waals surface area (Å²) in [6.45, 7) is 21.7. The average Bonchev–Trinajstić information content (AvgIpc) is 0.845. The Morgan fingerprint density at radius 2 is 0.655 bits per heavy atom. The number of aliphatic hydroxyl groups excluding tert-OH is 12. The maximum absolute atomic E-state index is 10.7. The minimum Gasteiger partial charge on any atom is -0.467 e. The highest BCUT2D eigenvalue weighted by Gasteiger charge is 2.50. The van der Waals surface area contributed by atoms with Crippen LogP contribution >= 0.6 is 58.0 Å². The number of hydrogen-bond acceptors (Lipinski definition) is 41. The quantitative estimate of drug-likeness (QED) is 0.0108. The van der Waals surface area contributed by atoms with E-state index >= 15 is 0 Å². The normalized spacial score (nSPS) is 25.9. The first-order valence-electron chi connectivity index (χ1n) is 45.5. The summed E-state index contributed by atoms with van der Waals surface area (Å²) in [7, 11) is 2.90. The summed E-state index contributed by atoms with van der Waals surface area (Å²) < 4.78 is 48.3. The molecular formula is C88H142N25O19P5S2. The number of aryl methyl sites for hydroxylation is 1. The van der Waals surface area contributed by atoms with Crippen molar-refractivity contribution in [1.82, 2.24) is 97.6 Å². The van der Waals surface area contributed by atoms with Crippen molar-refractivity contribution in [3.63, 3.8) is 0 Å². The summed E-state index contributed by atoms with van der Waals surface area (Å²) in [5, 5.41) is 131. The number of rotatable bonds is 35. The molecule has 5 saturated heterocycles. The number of nitrogen functional groups attached to an aromatic ring is 3. The van der Waals surface area contributed by atoms with Gasteiger partial charge in [-0.15, -0.1) is 65.9 Å². The van der Waals surface area contributed by atoms with E-state index in [1.54, 1.807) is 35.5 Å². The van der Waals surface area contributed by atoms with E-state index in [0.717, 1.165) is 61.2 Å². The molecule has 10 aromatic rings. The Kier molecular flexibility index (Phi) is 38.5. The number of fused-ring (bicyclic) bond motifs is 5. The Hall–Kier alpha value is -7.65. The maximum atomic E-state index is 10.7. The standard InChI is InChI=1S/C20H32N5O5P.C20H32N5O4PS.C18H30N5O3P.C15H24N5O4P.C15H24N5O3PS/c1-12(10-26)6-8-21-17-14-18(24-20(23-17)29-2)25(11-22-14)19-16(28)15(27)13(30-19)7-9-31(3,4)5;1-12(10-26)6-8-21-17-14-18(24-20(23-17)31-5)25(11-22-14)19-16(28)15(27)13(29-19)7-9-30(2,3)4;1-5-6-7-12-21-16(19)13-17(22-12)23(10-20-13)18-15(25)14(24)11(26-18)8-9-27(2,3)4;1-23-15-18-12(16)9-13(19-15)20(7-17-9)14-11(22)10(21)8(24-14)5-6-25(2,3)4;1-24(2,3)6-5-8-10(21)11(22)14(23-8)20-7-17-9-12(16)18-15(25-4)19-13(9)20/h6,11,13,15-16,19,26-28H,3,7-10H2,1-2,4-5H3,(H,21,23,24);6,11,13,15-16,19,26-28H,2,7-10H2,1,3-5H3,(H,21,23,24);10-11,14-15,18,24-25H,2,5-9H2,1,3-4H3,(H2,19,21,22);7-8,10-11,14,21-22H,2,5-6H2,1,3-4H3,(H2,16,18,19);7-8,10-11,14,21-22H,1,5-6H2,2-4H3,(H2,16,18,19)/b2*12-6-;;;/t2*13-,15-,16-,19-;11-,14-,15-,18-;2*8-,10-,11-,14-/m11111/s1. The lowest BCUT2D eigenvalue weighted by atomic mass is 10.1. The highest BCUT2D eigenvalue weighted by atomic mass is 32.2. The molecule has 10 aromatic heterocycles. The number of unbranched alkanes of at least 4 members (excludes halogenated alkanes) is 1. The summed E-state index contributed by atoms with van der Waals surface area (Å²) in [5.74, 6) is 2.43. The second-order valence-corrected chi connectivity index (χ2v) is 61.8. The van der Waals surface area contributed by atoms with Gasteiger partial charge in [0.15, 0.2) is 115 Å². The van der Waals surface area contributed by atoms with Gasteiger partial charge in [0.2, 0.25) is 0 Å². The summed E-state index contributed by atoms with van der Waals surface area (Å²) in [4.78, 5) is 65.0. The van der Waals surface area contributed by atoms with Crippen LogP contribution in [0.15, 0.2) is 65.2 Å². The molecule has 15 rings (SSSR count). The monoisotopic (exact) mass is 2070 g/mol. The Morgan fingerprint density at radius 1 is 0.388 bits per heavy atom. The zero-order chi connectivity index (χ0) is 102. The molecule has 0 bridgehead atoms. The van der Waals surface area contributed by atoms with E-state index in [4.69, 9.17) is 60.6 Å². The third-order valence-corrected chi connectivity index (χ3v) is 32.2. The first-order chi connectivity index (χ1) is 65.4.